The Kier molecular flexibility index (Phi) is 2.90. The number of pyridine rings is 1. The normalized spacial score (nSPS) is 21.3. The van der Waals surface area contributed by atoms with E-state index < -0.39 is 29.7 Å². The summed E-state index contributed by atoms with van der Waals surface area (Å²) in [5.41, 5.74) is -1.12. The Morgan fingerprint density at radius 2 is 1.72 bits per heavy atom. The van der Waals surface area contributed by atoms with Crippen molar-refractivity contribution >= 4 is 12.6 Å². The molecule has 0 radical (unpaired) electrons. The third kappa shape index (κ3) is 1.99. The number of aryl methyl sites for hydroxylation is 1. The van der Waals surface area contributed by atoms with Crippen LogP contribution in [0.25, 0.3) is 0 Å². The molecule has 1 saturated heterocycles. The summed E-state index contributed by atoms with van der Waals surface area (Å²) in [6.45, 7) is 7.69. The molecule has 0 amide bonds. The minimum absolute atomic E-state index is 0.483. The van der Waals surface area contributed by atoms with Crippen LogP contribution in [0, 0.1) is 5.82 Å². The molecule has 0 spiro atoms. The summed E-state index contributed by atoms with van der Waals surface area (Å²) in [5, 5.41) is 0. The van der Waals surface area contributed by atoms with E-state index in [1.807, 2.05) is 27.7 Å². The Morgan fingerprint density at radius 1 is 1.22 bits per heavy atom. The van der Waals surface area contributed by atoms with Gasteiger partial charge in [0.1, 0.15) is 0 Å². The summed E-state index contributed by atoms with van der Waals surface area (Å²) in [4.78, 5) is 11.3. The van der Waals surface area contributed by atoms with Crippen LogP contribution in [-0.2, 0) is 16.4 Å². The summed E-state index contributed by atoms with van der Waals surface area (Å²) in [6.07, 6.45) is 1.54. The van der Waals surface area contributed by atoms with Crippen LogP contribution in [0.5, 0.6) is 0 Å². The monoisotopic (exact) mass is 253 g/mol. The van der Waals surface area contributed by atoms with Crippen molar-refractivity contribution in [2.24, 2.45) is 7.05 Å². The minimum atomic E-state index is -0.801. The lowest BCUT2D eigenvalue weighted by atomic mass is 9.80. The lowest BCUT2D eigenvalue weighted by Crippen LogP contribution is -2.41. The van der Waals surface area contributed by atoms with Crippen molar-refractivity contribution in [3.8, 4) is 0 Å². The fourth-order valence-electron chi connectivity index (χ4n) is 1.80. The van der Waals surface area contributed by atoms with Gasteiger partial charge in [0.2, 0.25) is 0 Å². The highest BCUT2D eigenvalue weighted by atomic mass is 19.1. The van der Waals surface area contributed by atoms with Crippen molar-refractivity contribution in [2.75, 3.05) is 0 Å². The Labute approximate surface area is 106 Å². The van der Waals surface area contributed by atoms with E-state index in [4.69, 9.17) is 9.31 Å². The fraction of sp³-hybridized carbons (Fsp3) is 0.583. The minimum Gasteiger partial charge on any atom is -0.399 e. The zero-order chi connectivity index (χ0) is 13.7. The molecule has 0 unspecified atom stereocenters. The van der Waals surface area contributed by atoms with Gasteiger partial charge in [0.05, 0.1) is 11.2 Å². The molecule has 1 aliphatic heterocycles. The molecule has 1 aromatic heterocycles. The molecule has 1 fully saturated rings. The van der Waals surface area contributed by atoms with Crippen LogP contribution in [0.3, 0.4) is 0 Å². The summed E-state index contributed by atoms with van der Waals surface area (Å²) < 4.78 is 26.2. The maximum absolute atomic E-state index is 13.4. The van der Waals surface area contributed by atoms with Crippen molar-refractivity contribution in [1.29, 1.82) is 0 Å². The van der Waals surface area contributed by atoms with Crippen molar-refractivity contribution in [1.82, 2.24) is 4.57 Å². The first-order valence-corrected chi connectivity index (χ1v) is 5.86. The second-order valence-electron chi connectivity index (χ2n) is 5.63. The lowest BCUT2D eigenvalue weighted by Gasteiger charge is -2.32. The van der Waals surface area contributed by atoms with Crippen LogP contribution in [0.2, 0.25) is 0 Å². The zero-order valence-corrected chi connectivity index (χ0v) is 11.3. The van der Waals surface area contributed by atoms with Crippen LogP contribution in [-0.4, -0.2) is 22.9 Å². The fourth-order valence-corrected chi connectivity index (χ4v) is 1.80. The van der Waals surface area contributed by atoms with Gasteiger partial charge in [0.15, 0.2) is 5.82 Å². The Bertz CT molecular complexity index is 496. The van der Waals surface area contributed by atoms with E-state index in [1.165, 1.54) is 23.9 Å². The molecule has 98 valence electrons. The number of hydrogen-bond donors (Lipinski definition) is 0. The maximum atomic E-state index is 13.4. The van der Waals surface area contributed by atoms with Gasteiger partial charge in [0.25, 0.3) is 5.56 Å². The van der Waals surface area contributed by atoms with E-state index >= 15 is 0 Å². The molecule has 0 aliphatic carbocycles. The molecule has 2 heterocycles. The van der Waals surface area contributed by atoms with Crippen molar-refractivity contribution in [3.63, 3.8) is 0 Å². The smallest absolute Gasteiger partial charge is 0.399 e. The molecule has 18 heavy (non-hydrogen) atoms. The molecule has 0 atom stereocenters. The van der Waals surface area contributed by atoms with Crippen molar-refractivity contribution < 1.29 is 13.7 Å². The van der Waals surface area contributed by atoms with Gasteiger partial charge in [-0.2, -0.15) is 0 Å². The molecular weight excluding hydrogens is 236 g/mol. The second-order valence-corrected chi connectivity index (χ2v) is 5.63. The first kappa shape index (κ1) is 13.3. The number of aromatic nitrogens is 1. The highest BCUT2D eigenvalue weighted by molar-refractivity contribution is 6.62. The molecule has 0 saturated carbocycles. The summed E-state index contributed by atoms with van der Waals surface area (Å²) in [6, 6.07) is 1.17. The van der Waals surface area contributed by atoms with Crippen molar-refractivity contribution in [2.45, 2.75) is 38.9 Å². The highest BCUT2D eigenvalue weighted by Crippen LogP contribution is 2.36. The van der Waals surface area contributed by atoms with E-state index in [0.29, 0.717) is 5.46 Å². The number of halogens is 1. The summed E-state index contributed by atoms with van der Waals surface area (Å²) >= 11 is 0. The van der Waals surface area contributed by atoms with Crippen LogP contribution in [0.15, 0.2) is 17.1 Å². The van der Waals surface area contributed by atoms with Crippen LogP contribution in [0.4, 0.5) is 4.39 Å². The Morgan fingerprint density at radius 3 is 2.17 bits per heavy atom. The quantitative estimate of drug-likeness (QED) is 0.696. The summed E-state index contributed by atoms with van der Waals surface area (Å²) in [7, 11) is 0.844. The van der Waals surface area contributed by atoms with E-state index in [2.05, 4.69) is 0 Å². The van der Waals surface area contributed by atoms with Crippen LogP contribution in [0.1, 0.15) is 27.7 Å². The Balaban J connectivity index is 2.39. The number of rotatable bonds is 1. The molecule has 6 heteroatoms. The van der Waals surface area contributed by atoms with E-state index in [-0.39, 0.29) is 0 Å². The van der Waals surface area contributed by atoms with E-state index in [0.717, 1.165) is 0 Å². The van der Waals surface area contributed by atoms with Gasteiger partial charge >= 0.3 is 7.12 Å². The molecule has 1 aliphatic rings. The molecule has 2 rings (SSSR count). The zero-order valence-electron chi connectivity index (χ0n) is 11.3. The molecule has 0 N–H and O–H groups in total. The first-order chi connectivity index (χ1) is 8.14. The molecular formula is C12H17BFNO3. The number of hydrogen-bond acceptors (Lipinski definition) is 3. The SMILES string of the molecule is Cn1cc(B2OC(C)(C)C(C)(C)O2)cc(F)c1=O. The van der Waals surface area contributed by atoms with Gasteiger partial charge in [-0.05, 0) is 33.8 Å². The standard InChI is InChI=1S/C12H17BFNO3/c1-11(2)12(3,4)18-13(17-11)8-6-9(14)10(16)15(5)7-8/h6-7H,1-5H3. The van der Waals surface area contributed by atoms with E-state index in [9.17, 15) is 9.18 Å². The van der Waals surface area contributed by atoms with Gasteiger partial charge in [-0.1, -0.05) is 0 Å². The Hall–Kier alpha value is -1.14. The number of nitrogens with zero attached hydrogens (tertiary/aromatic N) is 1. The highest BCUT2D eigenvalue weighted by Gasteiger charge is 2.51. The molecule has 0 aromatic carbocycles. The average Bonchev–Trinajstić information content (AvgIpc) is 2.44. The van der Waals surface area contributed by atoms with Crippen LogP contribution < -0.4 is 11.0 Å². The van der Waals surface area contributed by atoms with Gasteiger partial charge in [0, 0.05) is 18.7 Å². The summed E-state index contributed by atoms with van der Waals surface area (Å²) in [5.74, 6) is -0.801. The van der Waals surface area contributed by atoms with Crippen LogP contribution >= 0.6 is 0 Å². The third-order valence-corrected chi connectivity index (χ3v) is 3.69. The predicted octanol–water partition coefficient (Wildman–Crippen LogP) is 0.824. The van der Waals surface area contributed by atoms with Gasteiger partial charge in [-0.25, -0.2) is 4.39 Å². The van der Waals surface area contributed by atoms with E-state index in [1.54, 1.807) is 0 Å². The third-order valence-electron chi connectivity index (χ3n) is 3.69. The average molecular weight is 253 g/mol. The topological polar surface area (TPSA) is 40.5 Å². The largest absolute Gasteiger partial charge is 0.496 e. The molecule has 1 aromatic rings. The first-order valence-electron chi connectivity index (χ1n) is 5.86. The molecule has 0 bridgehead atoms. The van der Waals surface area contributed by atoms with Gasteiger partial charge in [-0.15, -0.1) is 0 Å². The van der Waals surface area contributed by atoms with Crippen molar-refractivity contribution in [3.05, 3.63) is 28.4 Å². The van der Waals surface area contributed by atoms with Gasteiger partial charge < -0.3 is 13.9 Å². The second kappa shape index (κ2) is 3.93. The predicted molar refractivity (Wildman–Crippen MR) is 67.4 cm³/mol. The van der Waals surface area contributed by atoms with Gasteiger partial charge in [-0.3, -0.25) is 4.79 Å². The maximum Gasteiger partial charge on any atom is 0.496 e. The molecule has 4 nitrogen and oxygen atoms in total. The lowest BCUT2D eigenvalue weighted by molar-refractivity contribution is 0.00578.